The van der Waals surface area contributed by atoms with E-state index in [4.69, 9.17) is 4.74 Å². The summed E-state index contributed by atoms with van der Waals surface area (Å²) in [6, 6.07) is 46.3. The Morgan fingerprint density at radius 3 is 1.64 bits per heavy atom. The molecule has 0 fully saturated rings. The van der Waals surface area contributed by atoms with E-state index in [1.165, 1.54) is 14.7 Å². The van der Waals surface area contributed by atoms with Crippen molar-refractivity contribution in [3.05, 3.63) is 151 Å². The number of aliphatic carboxylic acids is 1. The molecule has 0 heterocycles. The first-order chi connectivity index (χ1) is 24.5. The second-order valence-corrected chi connectivity index (χ2v) is 15.6. The van der Waals surface area contributed by atoms with E-state index in [0.29, 0.717) is 31.6 Å². The molecule has 0 spiro atoms. The average Bonchev–Trinajstić information content (AvgIpc) is 3.48. The summed E-state index contributed by atoms with van der Waals surface area (Å²) in [5, 5.41) is 15.4. The Hall–Kier alpha value is -5.34. The van der Waals surface area contributed by atoms with E-state index < -0.39 is 28.1 Å². The zero-order valence-corrected chi connectivity index (χ0v) is 28.7. The molecule has 1 aliphatic rings. The minimum atomic E-state index is -1.71. The third-order valence-corrected chi connectivity index (χ3v) is 13.3. The molecule has 8 heteroatoms. The van der Waals surface area contributed by atoms with Crippen molar-refractivity contribution in [1.82, 2.24) is 10.6 Å². The first-order valence-corrected chi connectivity index (χ1v) is 18.8. The lowest BCUT2D eigenvalue weighted by Gasteiger charge is -2.41. The van der Waals surface area contributed by atoms with Crippen LogP contribution in [-0.2, 0) is 14.3 Å². The van der Waals surface area contributed by atoms with Gasteiger partial charge in [-0.15, -0.1) is 0 Å². The summed E-state index contributed by atoms with van der Waals surface area (Å²) in [6.07, 6.45) is 0.895. The fraction of sp³-hybridized carbons (Fsp3) is 0.214. The zero-order chi connectivity index (χ0) is 34.8. The van der Waals surface area contributed by atoms with Crippen LogP contribution in [0.2, 0.25) is 0 Å². The lowest BCUT2D eigenvalue weighted by Crippen LogP contribution is -2.41. The van der Waals surface area contributed by atoms with Crippen molar-refractivity contribution < 1.29 is 24.2 Å². The second-order valence-electron chi connectivity index (χ2n) is 12.3. The third kappa shape index (κ3) is 7.76. The van der Waals surface area contributed by atoms with Crippen LogP contribution in [-0.4, -0.2) is 48.0 Å². The van der Waals surface area contributed by atoms with Gasteiger partial charge in [-0.2, -0.15) is 10.0 Å². The van der Waals surface area contributed by atoms with Crippen LogP contribution < -0.4 is 10.6 Å². The van der Waals surface area contributed by atoms with Gasteiger partial charge in [0, 0.05) is 18.9 Å². The van der Waals surface area contributed by atoms with Crippen molar-refractivity contribution in [3.8, 4) is 11.1 Å². The van der Waals surface area contributed by atoms with Gasteiger partial charge in [-0.05, 0) is 98.4 Å². The number of rotatable bonds is 15. The topological polar surface area (TPSA) is 105 Å². The summed E-state index contributed by atoms with van der Waals surface area (Å²) in [5.41, 5.74) is 4.42. The number of amides is 2. The molecule has 0 aromatic heterocycles. The number of carboxylic acid groups (broad SMARTS) is 1. The summed E-state index contributed by atoms with van der Waals surface area (Å²) in [6.45, 7) is 0.528. The van der Waals surface area contributed by atoms with E-state index in [2.05, 4.69) is 95.6 Å². The van der Waals surface area contributed by atoms with Gasteiger partial charge in [0.15, 0.2) is 0 Å². The quantitative estimate of drug-likeness (QED) is 0.0957. The van der Waals surface area contributed by atoms with Crippen molar-refractivity contribution in [2.75, 3.05) is 18.9 Å². The highest BCUT2D eigenvalue weighted by Gasteiger charge is 2.32. The zero-order valence-electron chi connectivity index (χ0n) is 27.9. The highest BCUT2D eigenvalue weighted by molar-refractivity contribution is 8.33. The standard InChI is InChI=1S/C42H42N2O5S/c45-40(27-29-50(31-16-4-1-5-17-31,32-18-6-2-7-19-32)33-20-8-3-9-21-33)43-28-15-14-26-39(41(46)47)44-42(48)49-30-38-36-24-12-10-22-34(36)35-23-11-13-25-37(35)38/h1-13,16-25,38-39H,14-15,26-30H2,(H,43,45)(H,44,48)(H,46,47)/t39-/m0/s1. The number of alkyl carbamates (subject to hydrolysis) is 1. The van der Waals surface area contributed by atoms with Crippen molar-refractivity contribution in [2.45, 2.75) is 52.3 Å². The summed E-state index contributed by atoms with van der Waals surface area (Å²) >= 11 is 0. The van der Waals surface area contributed by atoms with Crippen LogP contribution in [0.25, 0.3) is 11.1 Å². The molecule has 0 radical (unpaired) electrons. The number of carbonyl (C=O) groups is 3. The number of fused-ring (bicyclic) bond motifs is 3. The van der Waals surface area contributed by atoms with E-state index in [1.807, 2.05) is 54.6 Å². The molecule has 5 aromatic carbocycles. The molecule has 1 aliphatic carbocycles. The maximum atomic E-state index is 13.2. The first kappa shape index (κ1) is 34.5. The van der Waals surface area contributed by atoms with E-state index >= 15 is 0 Å². The molecule has 0 unspecified atom stereocenters. The van der Waals surface area contributed by atoms with Gasteiger partial charge in [-0.1, -0.05) is 103 Å². The first-order valence-electron chi connectivity index (χ1n) is 17.0. The van der Waals surface area contributed by atoms with Crippen LogP contribution in [0.4, 0.5) is 4.79 Å². The van der Waals surface area contributed by atoms with Gasteiger partial charge in [0.05, 0.1) is 0 Å². The molecule has 0 aliphatic heterocycles. The van der Waals surface area contributed by atoms with Gasteiger partial charge < -0.3 is 20.5 Å². The lowest BCUT2D eigenvalue weighted by atomic mass is 9.98. The number of hydrogen-bond donors (Lipinski definition) is 3. The Labute approximate surface area is 295 Å². The number of unbranched alkanes of at least 4 members (excludes halogenated alkanes) is 1. The number of carbonyl (C=O) groups excluding carboxylic acids is 2. The fourth-order valence-electron chi connectivity index (χ4n) is 6.80. The van der Waals surface area contributed by atoms with Crippen molar-refractivity contribution in [1.29, 1.82) is 0 Å². The van der Waals surface area contributed by atoms with Gasteiger partial charge in [-0.3, -0.25) is 4.79 Å². The molecule has 50 heavy (non-hydrogen) atoms. The molecular weight excluding hydrogens is 645 g/mol. The Morgan fingerprint density at radius 1 is 0.660 bits per heavy atom. The monoisotopic (exact) mass is 686 g/mol. The highest BCUT2D eigenvalue weighted by Crippen LogP contribution is 2.68. The number of hydrogen-bond acceptors (Lipinski definition) is 4. The van der Waals surface area contributed by atoms with Crippen LogP contribution >= 0.6 is 10.0 Å². The van der Waals surface area contributed by atoms with Gasteiger partial charge >= 0.3 is 12.1 Å². The van der Waals surface area contributed by atoms with Gasteiger partial charge in [0.25, 0.3) is 0 Å². The largest absolute Gasteiger partial charge is 0.480 e. The number of ether oxygens (including phenoxy) is 1. The van der Waals surface area contributed by atoms with Crippen LogP contribution in [0.15, 0.2) is 154 Å². The molecule has 256 valence electrons. The predicted octanol–water partition coefficient (Wildman–Crippen LogP) is 8.64. The molecule has 6 rings (SSSR count). The minimum Gasteiger partial charge on any atom is -0.480 e. The molecule has 3 N–H and O–H groups in total. The third-order valence-electron chi connectivity index (χ3n) is 9.25. The van der Waals surface area contributed by atoms with Crippen molar-refractivity contribution in [3.63, 3.8) is 0 Å². The predicted molar refractivity (Wildman–Crippen MR) is 198 cm³/mol. The van der Waals surface area contributed by atoms with Gasteiger partial charge in [-0.25, -0.2) is 9.59 Å². The highest BCUT2D eigenvalue weighted by atomic mass is 32.3. The SMILES string of the molecule is O=C(CCS(c1ccccc1)(c1ccccc1)c1ccccc1)NCCCC[C@H](NC(=O)OCC1c2ccccc2-c2ccccc21)C(=O)O. The smallest absolute Gasteiger partial charge is 0.407 e. The number of benzene rings is 5. The van der Waals surface area contributed by atoms with Gasteiger partial charge in [0.1, 0.15) is 12.6 Å². The van der Waals surface area contributed by atoms with Crippen LogP contribution in [0.5, 0.6) is 0 Å². The Morgan fingerprint density at radius 2 is 1.14 bits per heavy atom. The minimum absolute atomic E-state index is 0.0452. The molecule has 7 nitrogen and oxygen atoms in total. The summed E-state index contributed by atoms with van der Waals surface area (Å²) in [4.78, 5) is 41.5. The van der Waals surface area contributed by atoms with E-state index in [-0.39, 0.29) is 24.9 Å². The second kappa shape index (κ2) is 16.4. The maximum Gasteiger partial charge on any atom is 0.407 e. The molecule has 0 saturated heterocycles. The number of carboxylic acids is 1. The number of nitrogens with one attached hydrogen (secondary N) is 2. The van der Waals surface area contributed by atoms with Crippen LogP contribution in [0, 0.1) is 0 Å². The summed E-state index contributed by atoms with van der Waals surface area (Å²) in [7, 11) is -1.71. The summed E-state index contributed by atoms with van der Waals surface area (Å²) < 4.78 is 5.56. The van der Waals surface area contributed by atoms with E-state index in [9.17, 15) is 19.5 Å². The van der Waals surface area contributed by atoms with Crippen LogP contribution in [0.1, 0.15) is 42.7 Å². The fourth-order valence-corrected chi connectivity index (χ4v) is 10.7. The molecular formula is C42H42N2O5S. The summed E-state index contributed by atoms with van der Waals surface area (Å²) in [5.74, 6) is -0.622. The molecule has 0 saturated carbocycles. The Balaban J connectivity index is 0.995. The normalized spacial score (nSPS) is 13.0. The van der Waals surface area contributed by atoms with E-state index in [0.717, 1.165) is 22.3 Å². The van der Waals surface area contributed by atoms with Crippen molar-refractivity contribution >= 4 is 28.0 Å². The molecule has 2 amide bonds. The average molecular weight is 687 g/mol. The van der Waals surface area contributed by atoms with Crippen LogP contribution in [0.3, 0.4) is 0 Å². The van der Waals surface area contributed by atoms with E-state index in [1.54, 1.807) is 0 Å². The lowest BCUT2D eigenvalue weighted by molar-refractivity contribution is -0.139. The Kier molecular flexibility index (Phi) is 11.3. The molecule has 0 bridgehead atoms. The molecule has 5 aromatic rings. The van der Waals surface area contributed by atoms with Gasteiger partial charge in [0.2, 0.25) is 5.91 Å². The molecule has 1 atom stereocenters. The Bertz CT molecular complexity index is 1760. The van der Waals surface area contributed by atoms with Crippen molar-refractivity contribution in [2.24, 2.45) is 0 Å². The maximum absolute atomic E-state index is 13.2.